The fraction of sp³-hybridized carbons (Fsp3) is 0.417. The van der Waals surface area contributed by atoms with Crippen LogP contribution in [0.15, 0.2) is 22.8 Å². The molecule has 1 atom stereocenters. The number of hydrogen-bond acceptors (Lipinski definition) is 4. The van der Waals surface area contributed by atoms with Crippen LogP contribution in [0.2, 0.25) is 0 Å². The second kappa shape index (κ2) is 6.49. The highest BCUT2D eigenvalue weighted by molar-refractivity contribution is 9.10. The first-order valence-corrected chi connectivity index (χ1v) is 6.20. The second-order valence-electron chi connectivity index (χ2n) is 3.97. The molecule has 0 radical (unpaired) electrons. The van der Waals surface area contributed by atoms with Crippen LogP contribution < -0.4 is 0 Å². The van der Waals surface area contributed by atoms with Crippen molar-refractivity contribution < 1.29 is 14.3 Å². The van der Waals surface area contributed by atoms with Gasteiger partial charge >= 0.3 is 5.97 Å². The molecule has 6 heteroatoms. The summed E-state index contributed by atoms with van der Waals surface area (Å²) in [5.41, 5.74) is 0.345. The van der Waals surface area contributed by atoms with Gasteiger partial charge in [-0.25, -0.2) is 4.98 Å². The number of nitrogens with zero attached hydrogens (tertiary/aromatic N) is 2. The summed E-state index contributed by atoms with van der Waals surface area (Å²) < 4.78 is 5.43. The summed E-state index contributed by atoms with van der Waals surface area (Å²) in [6, 6.07) is 3.38. The first-order valence-electron chi connectivity index (χ1n) is 5.40. The van der Waals surface area contributed by atoms with Crippen molar-refractivity contribution in [3.05, 3.63) is 28.5 Å². The molecule has 5 nitrogen and oxygen atoms in total. The fourth-order valence-corrected chi connectivity index (χ4v) is 1.70. The van der Waals surface area contributed by atoms with E-state index in [1.165, 1.54) is 12.0 Å². The van der Waals surface area contributed by atoms with E-state index in [1.807, 2.05) is 0 Å². The van der Waals surface area contributed by atoms with E-state index in [9.17, 15) is 9.59 Å². The van der Waals surface area contributed by atoms with Crippen molar-refractivity contribution in [3.8, 4) is 0 Å². The number of halogens is 1. The topological polar surface area (TPSA) is 59.5 Å². The lowest BCUT2D eigenvalue weighted by molar-refractivity contribution is -0.145. The van der Waals surface area contributed by atoms with E-state index in [0.29, 0.717) is 12.2 Å². The van der Waals surface area contributed by atoms with Crippen molar-refractivity contribution in [2.45, 2.75) is 6.92 Å². The van der Waals surface area contributed by atoms with Crippen LogP contribution in [-0.2, 0) is 9.53 Å². The average Bonchev–Trinajstić information content (AvgIpc) is 2.37. The van der Waals surface area contributed by atoms with Crippen molar-refractivity contribution in [1.29, 1.82) is 0 Å². The summed E-state index contributed by atoms with van der Waals surface area (Å²) in [7, 11) is 2.96. The normalized spacial score (nSPS) is 11.8. The highest BCUT2D eigenvalue weighted by Crippen LogP contribution is 2.10. The van der Waals surface area contributed by atoms with Gasteiger partial charge in [0.2, 0.25) is 0 Å². The Bertz CT molecular complexity index is 433. The summed E-state index contributed by atoms with van der Waals surface area (Å²) >= 11 is 3.25. The molecule has 1 amide bonds. The monoisotopic (exact) mass is 314 g/mol. The molecule has 98 valence electrons. The first kappa shape index (κ1) is 14.6. The molecule has 0 saturated carbocycles. The van der Waals surface area contributed by atoms with Gasteiger partial charge in [0.1, 0.15) is 5.69 Å². The number of carbonyl (C=O) groups excluding carboxylic acids is 2. The third-order valence-electron chi connectivity index (χ3n) is 2.44. The van der Waals surface area contributed by atoms with Gasteiger partial charge in [-0.15, -0.1) is 0 Å². The van der Waals surface area contributed by atoms with Crippen LogP contribution in [0.5, 0.6) is 0 Å². The van der Waals surface area contributed by atoms with Crippen LogP contribution >= 0.6 is 15.9 Å². The van der Waals surface area contributed by atoms with Crippen LogP contribution in [0.3, 0.4) is 0 Å². The number of carbonyl (C=O) groups is 2. The molecule has 1 unspecified atom stereocenters. The maximum atomic E-state index is 12.0. The Morgan fingerprint density at radius 3 is 2.67 bits per heavy atom. The number of hydrogen-bond donors (Lipinski definition) is 0. The molecule has 0 aliphatic heterocycles. The largest absolute Gasteiger partial charge is 0.469 e. The van der Waals surface area contributed by atoms with Gasteiger partial charge < -0.3 is 9.64 Å². The smallest absolute Gasteiger partial charge is 0.310 e. The SMILES string of the molecule is COC(=O)C(C)CN(C)C(=O)c1ccc(Br)cn1. The highest BCUT2D eigenvalue weighted by atomic mass is 79.9. The molecule has 0 aliphatic rings. The lowest BCUT2D eigenvalue weighted by Gasteiger charge is -2.19. The number of aromatic nitrogens is 1. The summed E-state index contributed by atoms with van der Waals surface area (Å²) in [5, 5.41) is 0. The molecule has 0 aromatic carbocycles. The standard InChI is InChI=1S/C12H15BrN2O3/c1-8(12(17)18-3)7-15(2)11(16)10-5-4-9(13)6-14-10/h4-6,8H,7H2,1-3H3. The summed E-state index contributed by atoms with van der Waals surface area (Å²) in [4.78, 5) is 28.7. The maximum Gasteiger partial charge on any atom is 0.310 e. The molecule has 1 aromatic rings. The van der Waals surface area contributed by atoms with E-state index in [-0.39, 0.29) is 17.8 Å². The van der Waals surface area contributed by atoms with Gasteiger partial charge in [-0.1, -0.05) is 6.92 Å². The van der Waals surface area contributed by atoms with Crippen LogP contribution in [0.25, 0.3) is 0 Å². The van der Waals surface area contributed by atoms with Gasteiger partial charge in [-0.05, 0) is 28.1 Å². The predicted molar refractivity (Wildman–Crippen MR) is 70.1 cm³/mol. The molecule has 18 heavy (non-hydrogen) atoms. The molecule has 0 saturated heterocycles. The highest BCUT2D eigenvalue weighted by Gasteiger charge is 2.20. The first-order chi connectivity index (χ1) is 8.45. The second-order valence-corrected chi connectivity index (χ2v) is 4.89. The Hall–Kier alpha value is -1.43. The van der Waals surface area contributed by atoms with E-state index >= 15 is 0 Å². The van der Waals surface area contributed by atoms with E-state index in [4.69, 9.17) is 0 Å². The maximum absolute atomic E-state index is 12.0. The molecular weight excluding hydrogens is 300 g/mol. The van der Waals surface area contributed by atoms with Gasteiger partial charge in [-0.2, -0.15) is 0 Å². The molecule has 0 aliphatic carbocycles. The zero-order valence-electron chi connectivity index (χ0n) is 10.5. The summed E-state index contributed by atoms with van der Waals surface area (Å²) in [5.74, 6) is -0.920. The van der Waals surface area contributed by atoms with E-state index in [2.05, 4.69) is 25.7 Å². The number of ether oxygens (including phenoxy) is 1. The Morgan fingerprint density at radius 1 is 1.50 bits per heavy atom. The Balaban J connectivity index is 2.67. The summed E-state index contributed by atoms with van der Waals surface area (Å²) in [6.45, 7) is 2.01. The molecule has 0 N–H and O–H groups in total. The number of pyridine rings is 1. The van der Waals surface area contributed by atoms with Crippen molar-refractivity contribution in [1.82, 2.24) is 9.88 Å². The van der Waals surface area contributed by atoms with E-state index < -0.39 is 0 Å². The minimum absolute atomic E-state index is 0.224. The minimum Gasteiger partial charge on any atom is -0.469 e. The number of esters is 1. The predicted octanol–water partition coefficient (Wildman–Crippen LogP) is 1.73. The molecular formula is C12H15BrN2O3. The Labute approximate surface area is 114 Å². The zero-order chi connectivity index (χ0) is 13.7. The van der Waals surface area contributed by atoms with Crippen LogP contribution in [0.4, 0.5) is 0 Å². The Kier molecular flexibility index (Phi) is 5.27. The fourth-order valence-electron chi connectivity index (χ4n) is 1.47. The third kappa shape index (κ3) is 3.80. The van der Waals surface area contributed by atoms with Gasteiger partial charge in [0, 0.05) is 24.3 Å². The average molecular weight is 315 g/mol. The van der Waals surface area contributed by atoms with Gasteiger partial charge in [-0.3, -0.25) is 9.59 Å². The Morgan fingerprint density at radius 2 is 2.17 bits per heavy atom. The zero-order valence-corrected chi connectivity index (χ0v) is 12.1. The molecule has 1 rings (SSSR count). The lowest BCUT2D eigenvalue weighted by atomic mass is 10.1. The number of rotatable bonds is 4. The van der Waals surface area contributed by atoms with Crippen molar-refractivity contribution in [3.63, 3.8) is 0 Å². The molecule has 0 fully saturated rings. The number of amides is 1. The van der Waals surface area contributed by atoms with E-state index in [0.717, 1.165) is 4.47 Å². The molecule has 1 heterocycles. The van der Waals surface area contributed by atoms with Crippen LogP contribution in [0, 0.1) is 5.92 Å². The van der Waals surface area contributed by atoms with Gasteiger partial charge in [0.15, 0.2) is 0 Å². The molecule has 0 spiro atoms. The minimum atomic E-state index is -0.362. The van der Waals surface area contributed by atoms with Crippen LogP contribution in [-0.4, -0.2) is 42.5 Å². The lowest BCUT2D eigenvalue weighted by Crippen LogP contribution is -2.34. The number of methoxy groups -OCH3 is 1. The van der Waals surface area contributed by atoms with Crippen molar-refractivity contribution in [2.75, 3.05) is 20.7 Å². The van der Waals surface area contributed by atoms with Crippen LogP contribution in [0.1, 0.15) is 17.4 Å². The van der Waals surface area contributed by atoms with Crippen molar-refractivity contribution >= 4 is 27.8 Å². The van der Waals surface area contributed by atoms with Crippen molar-refractivity contribution in [2.24, 2.45) is 5.92 Å². The quantitative estimate of drug-likeness (QED) is 0.794. The molecule has 0 bridgehead atoms. The summed E-state index contributed by atoms with van der Waals surface area (Å²) in [6.07, 6.45) is 1.56. The van der Waals surface area contributed by atoms with E-state index in [1.54, 1.807) is 32.3 Å². The molecule has 1 aromatic heterocycles. The van der Waals surface area contributed by atoms with Gasteiger partial charge in [0.25, 0.3) is 5.91 Å². The third-order valence-corrected chi connectivity index (χ3v) is 2.91. The van der Waals surface area contributed by atoms with Gasteiger partial charge in [0.05, 0.1) is 13.0 Å².